The van der Waals surface area contributed by atoms with E-state index in [2.05, 4.69) is 24.0 Å². The quantitative estimate of drug-likeness (QED) is 0.927. The molecule has 1 aliphatic heterocycles. The van der Waals surface area contributed by atoms with Crippen LogP contribution in [-0.2, 0) is 6.42 Å². The van der Waals surface area contributed by atoms with Crippen molar-refractivity contribution in [2.45, 2.75) is 19.8 Å². The van der Waals surface area contributed by atoms with E-state index < -0.39 is 5.97 Å². The molecule has 4 heteroatoms. The highest BCUT2D eigenvalue weighted by atomic mass is 16.5. The number of benzene rings is 2. The summed E-state index contributed by atoms with van der Waals surface area (Å²) in [4.78, 5) is 13.3. The van der Waals surface area contributed by atoms with Crippen molar-refractivity contribution >= 4 is 11.7 Å². The predicted octanol–water partition coefficient (Wildman–Crippen LogP) is 4.01. The van der Waals surface area contributed by atoms with Gasteiger partial charge in [0.2, 0.25) is 0 Å². The first-order chi connectivity index (χ1) is 11.5. The summed E-state index contributed by atoms with van der Waals surface area (Å²) in [6, 6.07) is 13.2. The molecule has 0 aliphatic carbocycles. The van der Waals surface area contributed by atoms with Gasteiger partial charge < -0.3 is 14.7 Å². The van der Waals surface area contributed by atoms with E-state index in [0.29, 0.717) is 6.42 Å². The lowest BCUT2D eigenvalue weighted by molar-refractivity contribution is 0.0696. The number of fused-ring (bicyclic) bond motifs is 2. The van der Waals surface area contributed by atoms with Crippen molar-refractivity contribution < 1.29 is 14.6 Å². The third-order valence-corrected chi connectivity index (χ3v) is 4.30. The van der Waals surface area contributed by atoms with Crippen molar-refractivity contribution in [3.8, 4) is 5.75 Å². The molecule has 0 unspecified atom stereocenters. The Labute approximate surface area is 142 Å². The average molecular weight is 323 g/mol. The Balaban J connectivity index is 2.22. The van der Waals surface area contributed by atoms with Crippen LogP contribution in [0.15, 0.2) is 48.2 Å². The van der Waals surface area contributed by atoms with Gasteiger partial charge in [-0.25, -0.2) is 4.79 Å². The van der Waals surface area contributed by atoms with Crippen LogP contribution >= 0.6 is 0 Å². The smallest absolute Gasteiger partial charge is 0.335 e. The van der Waals surface area contributed by atoms with Gasteiger partial charge in [0.1, 0.15) is 5.75 Å². The molecule has 0 bridgehead atoms. The molecule has 0 saturated heterocycles. The fraction of sp³-hybridized carbons (Fsp3) is 0.250. The molecule has 2 aromatic rings. The van der Waals surface area contributed by atoms with Crippen LogP contribution in [0.2, 0.25) is 0 Å². The van der Waals surface area contributed by atoms with Gasteiger partial charge in [-0.05, 0) is 30.2 Å². The molecule has 0 aromatic heterocycles. The molecular weight excluding hydrogens is 302 g/mol. The zero-order chi connectivity index (χ0) is 17.3. The number of hydrogen-bond donors (Lipinski definition) is 1. The van der Waals surface area contributed by atoms with Crippen LogP contribution in [0.25, 0.3) is 5.76 Å². The zero-order valence-corrected chi connectivity index (χ0v) is 14.2. The second kappa shape index (κ2) is 6.40. The minimum atomic E-state index is -0.923. The van der Waals surface area contributed by atoms with Crippen molar-refractivity contribution in [2.75, 3.05) is 14.1 Å². The highest BCUT2D eigenvalue weighted by Crippen LogP contribution is 2.36. The van der Waals surface area contributed by atoms with Crippen LogP contribution in [0.3, 0.4) is 0 Å². The number of rotatable bonds is 3. The Hall–Kier alpha value is -2.75. The average Bonchev–Trinajstić information content (AvgIpc) is 2.71. The summed E-state index contributed by atoms with van der Waals surface area (Å²) in [5.41, 5.74) is 4.49. The Kier molecular flexibility index (Phi) is 4.30. The second-order valence-electron chi connectivity index (χ2n) is 6.09. The van der Waals surface area contributed by atoms with Crippen molar-refractivity contribution in [2.24, 2.45) is 0 Å². The molecule has 0 spiro atoms. The Morgan fingerprint density at radius 2 is 1.92 bits per heavy atom. The summed E-state index contributed by atoms with van der Waals surface area (Å²) in [6.45, 7) is 2.10. The summed E-state index contributed by atoms with van der Waals surface area (Å²) < 4.78 is 6.28. The van der Waals surface area contributed by atoms with Gasteiger partial charge in [0, 0.05) is 31.6 Å². The minimum Gasteiger partial charge on any atom is -0.478 e. The number of carbonyl (C=O) groups is 1. The summed E-state index contributed by atoms with van der Waals surface area (Å²) in [6.07, 6.45) is 1.50. The maximum Gasteiger partial charge on any atom is 0.335 e. The maximum atomic E-state index is 11.3. The molecule has 0 radical (unpaired) electrons. The zero-order valence-electron chi connectivity index (χ0n) is 14.2. The van der Waals surface area contributed by atoms with Gasteiger partial charge in [0.15, 0.2) is 5.76 Å². The molecule has 0 atom stereocenters. The third kappa shape index (κ3) is 2.87. The molecule has 0 fully saturated rings. The number of carboxylic acid groups (broad SMARTS) is 1. The minimum absolute atomic E-state index is 0.283. The summed E-state index contributed by atoms with van der Waals surface area (Å²) >= 11 is 0. The Bertz CT molecular complexity index is 821. The summed E-state index contributed by atoms with van der Waals surface area (Å²) in [5, 5.41) is 9.25. The molecule has 2 aromatic carbocycles. The van der Waals surface area contributed by atoms with E-state index in [1.54, 1.807) is 18.2 Å². The number of hydrogen-bond acceptors (Lipinski definition) is 3. The number of allylic oxidation sites excluding steroid dienone is 1. The lowest BCUT2D eigenvalue weighted by atomic mass is 9.97. The van der Waals surface area contributed by atoms with Gasteiger partial charge in [0.05, 0.1) is 11.3 Å². The van der Waals surface area contributed by atoms with Crippen LogP contribution in [-0.4, -0.2) is 30.1 Å². The fourth-order valence-corrected chi connectivity index (χ4v) is 3.11. The maximum absolute atomic E-state index is 11.3. The number of ether oxygens (including phenoxy) is 1. The normalized spacial score (nSPS) is 14.8. The largest absolute Gasteiger partial charge is 0.478 e. The van der Waals surface area contributed by atoms with E-state index >= 15 is 0 Å². The molecule has 1 heterocycles. The first kappa shape index (κ1) is 16.1. The summed E-state index contributed by atoms with van der Waals surface area (Å²) in [5.74, 6) is 0.646. The summed E-state index contributed by atoms with van der Waals surface area (Å²) in [7, 11) is 4.02. The van der Waals surface area contributed by atoms with Gasteiger partial charge >= 0.3 is 5.97 Å². The number of nitrogens with zero attached hydrogens (tertiary/aromatic N) is 1. The van der Waals surface area contributed by atoms with Crippen molar-refractivity contribution in [1.82, 2.24) is 4.90 Å². The van der Waals surface area contributed by atoms with Crippen LogP contribution in [0.5, 0.6) is 5.75 Å². The van der Waals surface area contributed by atoms with Crippen LogP contribution in [0, 0.1) is 0 Å². The molecule has 1 aliphatic rings. The predicted molar refractivity (Wildman–Crippen MR) is 94.2 cm³/mol. The molecular formula is C20H21NO3. The van der Waals surface area contributed by atoms with Gasteiger partial charge in [0.25, 0.3) is 0 Å². The van der Waals surface area contributed by atoms with Gasteiger partial charge in [-0.1, -0.05) is 31.2 Å². The van der Waals surface area contributed by atoms with E-state index in [1.807, 2.05) is 26.2 Å². The molecule has 124 valence electrons. The first-order valence-electron chi connectivity index (χ1n) is 8.04. The lowest BCUT2D eigenvalue weighted by Gasteiger charge is -2.21. The molecule has 0 saturated carbocycles. The van der Waals surface area contributed by atoms with E-state index in [9.17, 15) is 9.90 Å². The Morgan fingerprint density at radius 3 is 2.58 bits per heavy atom. The molecule has 24 heavy (non-hydrogen) atoms. The topological polar surface area (TPSA) is 49.8 Å². The molecule has 1 N–H and O–H groups in total. The van der Waals surface area contributed by atoms with Gasteiger partial charge in [-0.3, -0.25) is 0 Å². The number of aromatic carboxylic acids is 1. The standard InChI is InChI=1S/C20H21NO3/c1-4-17(21(2)3)19-16-8-6-5-7-13(16)11-15-12-14(20(22)23)9-10-18(15)24-19/h5-10,12H,4,11H2,1-3H3,(H,22,23)/b19-17-. The number of carboxylic acids is 1. The van der Waals surface area contributed by atoms with E-state index in [1.165, 1.54) is 0 Å². The molecule has 4 nitrogen and oxygen atoms in total. The van der Waals surface area contributed by atoms with E-state index in [-0.39, 0.29) is 5.56 Å². The van der Waals surface area contributed by atoms with Gasteiger partial charge in [-0.15, -0.1) is 0 Å². The van der Waals surface area contributed by atoms with E-state index in [4.69, 9.17) is 4.74 Å². The SMILES string of the molecule is CC/C(=C1/Oc2ccc(C(=O)O)cc2Cc2ccccc21)N(C)C. The highest BCUT2D eigenvalue weighted by Gasteiger charge is 2.22. The fourth-order valence-electron chi connectivity index (χ4n) is 3.11. The second-order valence-corrected chi connectivity index (χ2v) is 6.09. The van der Waals surface area contributed by atoms with Crippen molar-refractivity contribution in [3.63, 3.8) is 0 Å². The van der Waals surface area contributed by atoms with Crippen LogP contribution in [0.1, 0.15) is 40.4 Å². The van der Waals surface area contributed by atoms with Crippen LogP contribution < -0.4 is 4.74 Å². The first-order valence-corrected chi connectivity index (χ1v) is 8.04. The van der Waals surface area contributed by atoms with Crippen molar-refractivity contribution in [3.05, 3.63) is 70.4 Å². The lowest BCUT2D eigenvalue weighted by Crippen LogP contribution is -2.15. The third-order valence-electron chi connectivity index (χ3n) is 4.30. The molecule has 0 amide bonds. The van der Waals surface area contributed by atoms with Crippen molar-refractivity contribution in [1.29, 1.82) is 0 Å². The molecule has 3 rings (SSSR count). The highest BCUT2D eigenvalue weighted by molar-refractivity contribution is 5.88. The Morgan fingerprint density at radius 1 is 1.17 bits per heavy atom. The van der Waals surface area contributed by atoms with Crippen LogP contribution in [0.4, 0.5) is 0 Å². The van der Waals surface area contributed by atoms with E-state index in [0.717, 1.165) is 40.3 Å². The monoisotopic (exact) mass is 323 g/mol. The van der Waals surface area contributed by atoms with Gasteiger partial charge in [-0.2, -0.15) is 0 Å².